The van der Waals surface area contributed by atoms with Gasteiger partial charge >= 0.3 is 17.1 Å². The molecule has 23 rings (SSSR count). The lowest BCUT2D eigenvalue weighted by molar-refractivity contribution is -0.115. The van der Waals surface area contributed by atoms with Gasteiger partial charge in [-0.25, -0.2) is 33.7 Å². The molecule has 129 heavy (non-hydrogen) atoms. The van der Waals surface area contributed by atoms with Crippen molar-refractivity contribution in [2.45, 2.75) is 150 Å². The standard InChI is InChI=1S/C12H14N2.2C10H12N2O.C10H12N2.C9H10N2.C9H9NO2.2C9H9NO.C8H7FN2S.2C7H7N3/c1-7-3-6-10-11(8(7)2)12(14-13-10)9-4-5-9;1-6-4-5-8-9(7(6)2)11-10(13)12(8)3;1-6-4-5-8-9(7(6)2)12(3)10(13)11-8;1-6-4-5-9-10(7(6)2)8(3)11-12-9;1-6-3-4-8-9(7(6)2)11-5-10-8;1-5-3-4-7-8(6(5)2)12-9(11)10-7;1-6-4-3-5-8-9(6)11-7(2)10-8;1-6-3-2-4-8-7(6)5-9(11)10-8;1-4-2-3-5(9)6-7(4)12-8(10)11-6;1-5-2-3-8-7-6(5)4-9-10-7;1-5-3-2-4-6-7(5)9-10-8-6/h3,6,9H,4-5H2,1-2H3,(H,13,14);2*4-5H,1-3H3,(H,11,13);4-5H,1-3H3,(H,11,12);3-5H,1-2H3,(H,10,11);3-4H,1-2H3,(H,10,11);3-5,10H,2H2,1H3;2-4H,5H2,1H3,(H,10,11);2-3H,1H3,(H2,10,11);2*2-4H,1H3,(H,8,9,10). The molecule has 12 N–H and O–H groups in total. The SMILES string of the molecule is C=C1Nc2cccc(C)c2O1.Cc1ccc(F)c2nc(N)sc12.Cc1ccc2[nH]c(=O)n(C)c2c1C.Cc1ccc2[nH]c(=O)oc2c1C.Cc1ccc2[nH]cnc2c1C.Cc1ccc2c([nH]c(=O)n2C)c1C.Cc1ccc2n[nH]c(C)c2c1C.Cc1ccc2n[nH]c(C3CC3)c2c1C.Cc1cccc2c1CC(=O)N2.Cc1cccc2n[nH]nc12.Cc1ccnc2[nH]ncc12. The van der Waals surface area contributed by atoms with Crippen LogP contribution in [0.15, 0.2) is 196 Å². The minimum absolute atomic E-state index is 0.0521. The number of imidazole rings is 3. The molecule has 0 radical (unpaired) electrons. The van der Waals surface area contributed by atoms with Crippen molar-refractivity contribution in [1.29, 1.82) is 0 Å². The van der Waals surface area contributed by atoms with Crippen LogP contribution in [0.5, 0.6) is 5.75 Å². The Bertz CT molecular complexity index is 7540. The van der Waals surface area contributed by atoms with Gasteiger partial charge in [0.15, 0.2) is 28.0 Å². The van der Waals surface area contributed by atoms with Crippen molar-refractivity contribution in [3.05, 3.63) is 326 Å². The van der Waals surface area contributed by atoms with Crippen molar-refractivity contribution in [3.8, 4) is 5.75 Å². The highest BCUT2D eigenvalue weighted by Crippen LogP contribution is 2.43. The number of aromatic nitrogens is 18. The number of pyridine rings is 1. The summed E-state index contributed by atoms with van der Waals surface area (Å²) in [7, 11) is 3.56. The Morgan fingerprint density at radius 2 is 1.11 bits per heavy atom. The van der Waals surface area contributed by atoms with Crippen LogP contribution in [0, 0.1) is 130 Å². The number of rotatable bonds is 1. The van der Waals surface area contributed by atoms with E-state index in [0.717, 1.165) is 144 Å². The minimum atomic E-state index is -0.390. The van der Waals surface area contributed by atoms with Gasteiger partial charge in [0.1, 0.15) is 22.4 Å². The van der Waals surface area contributed by atoms with E-state index in [2.05, 4.69) is 183 Å². The number of amides is 1. The molecule has 662 valence electrons. The highest BCUT2D eigenvalue weighted by atomic mass is 32.1. The number of oxazole rings is 1. The normalized spacial score (nSPS) is 12.0. The van der Waals surface area contributed by atoms with Gasteiger partial charge in [0.05, 0.1) is 79.0 Å². The van der Waals surface area contributed by atoms with Gasteiger partial charge in [-0.3, -0.25) is 34.2 Å². The fourth-order valence-corrected chi connectivity index (χ4v) is 15.8. The van der Waals surface area contributed by atoms with Gasteiger partial charge in [0, 0.05) is 59.4 Å². The molecule has 0 bridgehead atoms. The van der Waals surface area contributed by atoms with Crippen LogP contribution in [-0.4, -0.2) is 95.9 Å². The van der Waals surface area contributed by atoms with Crippen LogP contribution in [0.2, 0.25) is 0 Å². The van der Waals surface area contributed by atoms with Crippen LogP contribution in [-0.2, 0) is 25.3 Å². The number of halogens is 1. The van der Waals surface area contributed by atoms with Crippen LogP contribution >= 0.6 is 11.3 Å². The third kappa shape index (κ3) is 20.7. The van der Waals surface area contributed by atoms with Gasteiger partial charge < -0.3 is 40.5 Å². The van der Waals surface area contributed by atoms with E-state index in [-0.39, 0.29) is 23.1 Å². The molecule has 0 spiro atoms. The van der Waals surface area contributed by atoms with Gasteiger partial charge in [0.2, 0.25) is 5.91 Å². The third-order valence-corrected chi connectivity index (χ3v) is 24.7. The van der Waals surface area contributed by atoms with Crippen molar-refractivity contribution < 1.29 is 18.3 Å². The molecular weight excluding hydrogens is 1640 g/mol. The van der Waals surface area contributed by atoms with Gasteiger partial charge in [-0.2, -0.15) is 30.7 Å². The number of hydrogen-bond donors (Lipinski definition) is 11. The maximum atomic E-state index is 13.1. The first-order chi connectivity index (χ1) is 61.6. The van der Waals surface area contributed by atoms with Crippen molar-refractivity contribution in [3.63, 3.8) is 0 Å². The first kappa shape index (κ1) is 91.6. The highest BCUT2D eigenvalue weighted by molar-refractivity contribution is 7.22. The average Bonchev–Trinajstić information content (AvgIpc) is 1.64. The molecule has 0 atom stereocenters. The van der Waals surface area contributed by atoms with E-state index in [1.165, 1.54) is 108 Å². The summed E-state index contributed by atoms with van der Waals surface area (Å²) in [5.41, 5.74) is 44.4. The molecule has 1 amide bonds. The molecule has 0 unspecified atom stereocenters. The zero-order valence-electron chi connectivity index (χ0n) is 76.3. The number of aromatic amines is 8. The number of fused-ring (bicyclic) bond motifs is 11. The lowest BCUT2D eigenvalue weighted by Gasteiger charge is -2.02. The van der Waals surface area contributed by atoms with E-state index in [4.69, 9.17) is 14.9 Å². The molecule has 3 aliphatic rings. The molecule has 10 aromatic carbocycles. The molecule has 20 aromatic rings. The Morgan fingerprint density at radius 1 is 0.504 bits per heavy atom. The summed E-state index contributed by atoms with van der Waals surface area (Å²) >= 11 is 1.32. The van der Waals surface area contributed by atoms with E-state index >= 15 is 0 Å². The lowest BCUT2D eigenvalue weighted by atomic mass is 10.0. The summed E-state index contributed by atoms with van der Waals surface area (Å²) < 4.78 is 27.5. The first-order valence-corrected chi connectivity index (χ1v) is 43.0. The zero-order valence-corrected chi connectivity index (χ0v) is 77.1. The Balaban J connectivity index is 0.000000121. The molecule has 1 aliphatic carbocycles. The molecule has 0 saturated heterocycles. The Morgan fingerprint density at radius 3 is 1.80 bits per heavy atom. The Hall–Kier alpha value is -15.1. The van der Waals surface area contributed by atoms with E-state index in [1.807, 2.05) is 173 Å². The van der Waals surface area contributed by atoms with Gasteiger partial charge in [0.25, 0.3) is 0 Å². The highest BCUT2D eigenvalue weighted by Gasteiger charge is 2.28. The van der Waals surface area contributed by atoms with Crippen molar-refractivity contribution in [2.24, 2.45) is 14.1 Å². The van der Waals surface area contributed by atoms with E-state index in [9.17, 15) is 23.6 Å². The third-order valence-electron chi connectivity index (χ3n) is 23.7. The number of nitrogen functional groups attached to an aromatic ring is 1. The molecular formula is C100H108FN21O6S. The topological polar surface area (TPSA) is 380 Å². The first-order valence-electron chi connectivity index (χ1n) is 42.2. The molecule has 27 nitrogen and oxygen atoms in total. The second-order valence-electron chi connectivity index (χ2n) is 32.6. The number of carbonyl (C=O) groups is 1. The maximum absolute atomic E-state index is 13.1. The number of benzene rings is 10. The number of para-hydroxylation sites is 2. The molecule has 1 fully saturated rings. The number of thiazole rings is 1. The number of aryl methyl sites for hydroxylation is 20. The summed E-state index contributed by atoms with van der Waals surface area (Å²) in [5, 5.41) is 41.9. The molecule has 1 saturated carbocycles. The van der Waals surface area contributed by atoms with Crippen LogP contribution in [0.4, 0.5) is 20.9 Å². The second kappa shape index (κ2) is 39.6. The summed E-state index contributed by atoms with van der Waals surface area (Å²) in [6, 6.07) is 47.3. The quantitative estimate of drug-likeness (QED) is 0.0727. The van der Waals surface area contributed by atoms with E-state index in [1.54, 1.807) is 48.0 Å². The van der Waals surface area contributed by atoms with Crippen LogP contribution < -0.4 is 38.2 Å². The van der Waals surface area contributed by atoms with Crippen molar-refractivity contribution in [2.75, 3.05) is 16.4 Å². The van der Waals surface area contributed by atoms with Crippen LogP contribution in [0.3, 0.4) is 0 Å². The number of anilines is 3. The monoisotopic (exact) mass is 1750 g/mol. The zero-order chi connectivity index (χ0) is 92.5. The molecule has 29 heteroatoms. The number of nitrogens with two attached hydrogens (primary N) is 1. The smallest absolute Gasteiger partial charge is 0.417 e. The second-order valence-corrected chi connectivity index (χ2v) is 33.6. The minimum Gasteiger partial charge on any atom is -0.439 e. The number of carbonyl (C=O) groups excluding carboxylic acids is 1. The Labute approximate surface area is 747 Å². The summed E-state index contributed by atoms with van der Waals surface area (Å²) in [6.45, 7) is 40.6. The maximum Gasteiger partial charge on any atom is 0.417 e. The number of hydrogen-bond acceptors (Lipinski definition) is 17. The summed E-state index contributed by atoms with van der Waals surface area (Å²) in [5.74, 6) is 1.67. The molecule has 10 aromatic heterocycles. The molecule has 12 heterocycles. The molecule has 2 aliphatic heterocycles. The number of nitrogens with zero attached hydrogens (tertiary/aromatic N) is 10. The van der Waals surface area contributed by atoms with E-state index < -0.39 is 5.76 Å². The van der Waals surface area contributed by atoms with E-state index in [0.29, 0.717) is 28.5 Å². The van der Waals surface area contributed by atoms with Crippen molar-refractivity contribution in [1.82, 2.24) is 90.0 Å². The predicted octanol–water partition coefficient (Wildman–Crippen LogP) is 21.0. The predicted molar refractivity (Wildman–Crippen MR) is 520 cm³/mol. The summed E-state index contributed by atoms with van der Waals surface area (Å²) in [6.07, 6.45) is 8.49. The lowest BCUT2D eigenvalue weighted by Crippen LogP contribution is -2.12. The number of H-pyrrole nitrogens is 8. The largest absolute Gasteiger partial charge is 0.439 e. The fraction of sp³-hybridized carbons (Fsp3) is 0.240. The number of nitrogens with one attached hydrogen (secondary N) is 10. The number of ether oxygens (including phenoxy) is 1. The van der Waals surface area contributed by atoms with Crippen LogP contribution in [0.1, 0.15) is 130 Å². The fourth-order valence-electron chi connectivity index (χ4n) is 15.0. The van der Waals surface area contributed by atoms with Gasteiger partial charge in [-0.05, 0) is 311 Å². The van der Waals surface area contributed by atoms with Gasteiger partial charge in [-0.15, -0.1) is 0 Å². The Kier molecular flexibility index (Phi) is 28.1. The van der Waals surface area contributed by atoms with Crippen LogP contribution in [0.25, 0.3) is 98.3 Å². The summed E-state index contributed by atoms with van der Waals surface area (Å²) in [4.78, 5) is 67.9. The average molecular weight is 1750 g/mol. The van der Waals surface area contributed by atoms with Crippen molar-refractivity contribution >= 4 is 132 Å². The van der Waals surface area contributed by atoms with Gasteiger partial charge in [-0.1, -0.05) is 90.2 Å².